The van der Waals surface area contributed by atoms with Gasteiger partial charge in [-0.1, -0.05) is 39.0 Å². The van der Waals surface area contributed by atoms with E-state index >= 15 is 0 Å². The first kappa shape index (κ1) is 18.6. The van der Waals surface area contributed by atoms with E-state index in [-0.39, 0.29) is 11.6 Å². The lowest BCUT2D eigenvalue weighted by Gasteiger charge is -2.36. The number of primary amides is 1. The number of amides is 2. The van der Waals surface area contributed by atoms with Crippen LogP contribution in [-0.2, 0) is 24.3 Å². The number of urea groups is 1. The molecule has 0 aromatic heterocycles. The average molecular weight is 326 g/mol. The summed E-state index contributed by atoms with van der Waals surface area (Å²) in [5, 5.41) is 2.65. The smallest absolute Gasteiger partial charge is 0.312 e. The predicted molar refractivity (Wildman–Crippen MR) is 89.7 cm³/mol. The Kier molecular flexibility index (Phi) is 6.14. The molecule has 1 rings (SSSR count). The maximum Gasteiger partial charge on any atom is 0.312 e. The molecule has 0 aliphatic heterocycles. The van der Waals surface area contributed by atoms with Crippen molar-refractivity contribution in [1.82, 2.24) is 5.32 Å². The highest BCUT2D eigenvalue weighted by molar-refractivity contribution is 6.74. The minimum Gasteiger partial charge on any atom is -0.413 e. The summed E-state index contributed by atoms with van der Waals surface area (Å²) in [4.78, 5) is 10.8. The van der Waals surface area contributed by atoms with E-state index in [0.717, 1.165) is 11.1 Å². The van der Waals surface area contributed by atoms with Crippen molar-refractivity contribution in [1.29, 1.82) is 0 Å². The van der Waals surface area contributed by atoms with E-state index in [1.807, 2.05) is 6.07 Å². The Morgan fingerprint density at radius 1 is 1.23 bits per heavy atom. The van der Waals surface area contributed by atoms with Crippen molar-refractivity contribution in [2.45, 2.75) is 58.7 Å². The van der Waals surface area contributed by atoms with Crippen molar-refractivity contribution in [3.8, 4) is 0 Å². The molecule has 6 heteroatoms. The Labute approximate surface area is 133 Å². The minimum absolute atomic E-state index is 0.126. The van der Waals surface area contributed by atoms with Crippen molar-refractivity contribution in [3.63, 3.8) is 0 Å². The van der Waals surface area contributed by atoms with Crippen molar-refractivity contribution in [2.75, 3.05) is 0 Å². The van der Waals surface area contributed by atoms with Gasteiger partial charge in [0.25, 0.3) is 0 Å². The van der Waals surface area contributed by atoms with Crippen LogP contribution in [0.1, 0.15) is 37.5 Å². The summed E-state index contributed by atoms with van der Waals surface area (Å²) in [6.45, 7) is 11.1. The van der Waals surface area contributed by atoms with E-state index in [1.165, 1.54) is 0 Å². The normalized spacial score (nSPS) is 12.3. The lowest BCUT2D eigenvalue weighted by Crippen LogP contribution is -2.40. The molecule has 0 bridgehead atoms. The number of nitrogens with two attached hydrogens (primary N) is 1. The Balaban J connectivity index is 2.85. The first-order valence-corrected chi connectivity index (χ1v) is 10.3. The lowest BCUT2D eigenvalue weighted by molar-refractivity contribution is 0.248. The second-order valence-corrected chi connectivity index (χ2v) is 11.9. The third-order valence-corrected chi connectivity index (χ3v) is 8.62. The zero-order valence-electron chi connectivity index (χ0n) is 14.1. The zero-order valence-corrected chi connectivity index (χ0v) is 15.1. The first-order chi connectivity index (χ1) is 10.0. The van der Waals surface area contributed by atoms with Gasteiger partial charge in [0.1, 0.15) is 6.67 Å². The van der Waals surface area contributed by atoms with Gasteiger partial charge in [-0.05, 0) is 34.8 Å². The second-order valence-electron chi connectivity index (χ2n) is 7.06. The summed E-state index contributed by atoms with van der Waals surface area (Å²) < 4.78 is 19.2. The molecule has 1 aromatic carbocycles. The number of hydrogen-bond donors (Lipinski definition) is 2. The highest BCUT2D eigenvalue weighted by Crippen LogP contribution is 2.37. The summed E-state index contributed by atoms with van der Waals surface area (Å²) in [6.07, 6.45) is 0. The van der Waals surface area contributed by atoms with Crippen molar-refractivity contribution in [3.05, 3.63) is 34.9 Å². The van der Waals surface area contributed by atoms with Gasteiger partial charge in [-0.25, -0.2) is 9.18 Å². The molecule has 0 aliphatic carbocycles. The number of benzene rings is 1. The van der Waals surface area contributed by atoms with Crippen LogP contribution in [0.4, 0.5) is 9.18 Å². The van der Waals surface area contributed by atoms with Gasteiger partial charge in [0.05, 0.1) is 6.61 Å². The van der Waals surface area contributed by atoms with E-state index in [0.29, 0.717) is 12.2 Å². The van der Waals surface area contributed by atoms with Crippen LogP contribution >= 0.6 is 0 Å². The van der Waals surface area contributed by atoms with Gasteiger partial charge < -0.3 is 15.5 Å². The number of halogens is 1. The molecule has 3 N–H and O–H groups in total. The fourth-order valence-electron chi connectivity index (χ4n) is 1.77. The lowest BCUT2D eigenvalue weighted by atomic mass is 10.1. The van der Waals surface area contributed by atoms with Gasteiger partial charge >= 0.3 is 6.03 Å². The molecule has 0 heterocycles. The molecule has 0 saturated carbocycles. The number of carbonyl (C=O) groups excluding carboxylic acids is 1. The van der Waals surface area contributed by atoms with Gasteiger partial charge in [0, 0.05) is 6.54 Å². The average Bonchev–Trinajstić information content (AvgIpc) is 2.41. The van der Waals surface area contributed by atoms with Gasteiger partial charge in [-0.15, -0.1) is 0 Å². The maximum atomic E-state index is 13.0. The molecule has 0 spiro atoms. The molecule has 2 amide bonds. The molecular weight excluding hydrogens is 299 g/mol. The summed E-state index contributed by atoms with van der Waals surface area (Å²) in [7, 11) is -1.85. The van der Waals surface area contributed by atoms with Crippen LogP contribution in [0.3, 0.4) is 0 Å². The zero-order chi connectivity index (χ0) is 17.0. The molecule has 22 heavy (non-hydrogen) atoms. The SMILES string of the molecule is CC(C)(C)[Si](C)(C)OCc1cc(CF)cc(CNC(N)=O)c1. The summed E-state index contributed by atoms with van der Waals surface area (Å²) in [5.74, 6) is 0. The number of nitrogens with one attached hydrogen (secondary N) is 1. The minimum atomic E-state index is -1.85. The van der Waals surface area contributed by atoms with Crippen LogP contribution in [-0.4, -0.2) is 14.3 Å². The number of hydrogen-bond acceptors (Lipinski definition) is 2. The quantitative estimate of drug-likeness (QED) is 0.780. The number of alkyl halides is 1. The van der Waals surface area contributed by atoms with E-state index in [2.05, 4.69) is 39.2 Å². The monoisotopic (exact) mass is 326 g/mol. The highest BCUT2D eigenvalue weighted by atomic mass is 28.4. The first-order valence-electron chi connectivity index (χ1n) is 7.40. The molecule has 124 valence electrons. The van der Waals surface area contributed by atoms with Gasteiger partial charge in [0.15, 0.2) is 8.32 Å². The van der Waals surface area contributed by atoms with Crippen LogP contribution in [0.5, 0.6) is 0 Å². The molecule has 4 nitrogen and oxygen atoms in total. The number of rotatable bonds is 6. The Bertz CT molecular complexity index is 527. The van der Waals surface area contributed by atoms with Crippen LogP contribution < -0.4 is 11.1 Å². The maximum absolute atomic E-state index is 13.0. The molecular formula is C16H27FN2O2Si. The predicted octanol–water partition coefficient (Wildman–Crippen LogP) is 3.85. The van der Waals surface area contributed by atoms with Gasteiger partial charge in [-0.2, -0.15) is 0 Å². The third-order valence-electron chi connectivity index (χ3n) is 4.14. The topological polar surface area (TPSA) is 64.3 Å². The fraction of sp³-hybridized carbons (Fsp3) is 0.562. The fourth-order valence-corrected chi connectivity index (χ4v) is 2.73. The molecule has 0 radical (unpaired) electrons. The molecule has 0 atom stereocenters. The van der Waals surface area contributed by atoms with E-state index in [4.69, 9.17) is 10.2 Å². The van der Waals surface area contributed by atoms with E-state index < -0.39 is 21.0 Å². The number of carbonyl (C=O) groups is 1. The summed E-state index contributed by atoms with van der Waals surface area (Å²) >= 11 is 0. The van der Waals surface area contributed by atoms with Crippen molar-refractivity contribution in [2.24, 2.45) is 5.73 Å². The van der Waals surface area contributed by atoms with Crippen LogP contribution in [0.15, 0.2) is 18.2 Å². The summed E-state index contributed by atoms with van der Waals surface area (Å²) in [6, 6.07) is 4.86. The Morgan fingerprint density at radius 2 is 1.77 bits per heavy atom. The molecule has 0 unspecified atom stereocenters. The molecule has 0 fully saturated rings. The molecule has 0 aliphatic rings. The third kappa shape index (κ3) is 5.42. The Hall–Kier alpha value is -1.40. The van der Waals surface area contributed by atoms with Crippen LogP contribution in [0.25, 0.3) is 0 Å². The largest absolute Gasteiger partial charge is 0.413 e. The van der Waals surface area contributed by atoms with Crippen LogP contribution in [0.2, 0.25) is 18.1 Å². The van der Waals surface area contributed by atoms with E-state index in [1.54, 1.807) is 12.1 Å². The highest BCUT2D eigenvalue weighted by Gasteiger charge is 2.37. The van der Waals surface area contributed by atoms with Crippen molar-refractivity contribution >= 4 is 14.3 Å². The van der Waals surface area contributed by atoms with E-state index in [9.17, 15) is 9.18 Å². The summed E-state index contributed by atoms with van der Waals surface area (Å²) in [5.41, 5.74) is 7.39. The molecule has 1 aromatic rings. The van der Waals surface area contributed by atoms with Gasteiger partial charge in [-0.3, -0.25) is 0 Å². The van der Waals surface area contributed by atoms with Crippen LogP contribution in [0, 0.1) is 0 Å². The second kappa shape index (κ2) is 7.24. The standard InChI is InChI=1S/C16H27FN2O2Si/c1-16(2,3)22(4,5)21-11-14-7-12(9-17)6-13(8-14)10-19-15(18)20/h6-8H,9-11H2,1-5H3,(H3,18,19,20). The molecule has 0 saturated heterocycles. The Morgan fingerprint density at radius 3 is 2.27 bits per heavy atom. The van der Waals surface area contributed by atoms with Crippen molar-refractivity contribution < 1.29 is 13.6 Å². The van der Waals surface area contributed by atoms with Gasteiger partial charge in [0.2, 0.25) is 0 Å².